The van der Waals surface area contributed by atoms with Crippen molar-refractivity contribution in [3.8, 4) is 5.75 Å². The number of benzene rings is 3. The van der Waals surface area contributed by atoms with Crippen LogP contribution in [0.2, 0.25) is 0 Å². The largest absolute Gasteiger partial charge is 0.508 e. The Hall–Kier alpha value is -5.80. The summed E-state index contributed by atoms with van der Waals surface area (Å²) in [5.74, 6) is -0.196. The summed E-state index contributed by atoms with van der Waals surface area (Å²) in [6.45, 7) is 2.78. The number of carboxylic acid groups (broad SMARTS) is 1. The number of ether oxygens (including phenoxy) is 2. The zero-order valence-electron chi connectivity index (χ0n) is 28.3. The van der Waals surface area contributed by atoms with Gasteiger partial charge in [0.15, 0.2) is 0 Å². The molecule has 0 unspecified atom stereocenters. The highest BCUT2D eigenvalue weighted by atomic mass is 16.5. The number of hydrogen-bond donors (Lipinski definition) is 7. The van der Waals surface area contributed by atoms with E-state index in [0.29, 0.717) is 80.9 Å². The van der Waals surface area contributed by atoms with Gasteiger partial charge in [0.05, 0.1) is 26.4 Å². The van der Waals surface area contributed by atoms with E-state index in [9.17, 15) is 19.5 Å². The van der Waals surface area contributed by atoms with Gasteiger partial charge in [-0.25, -0.2) is 0 Å². The molecule has 4 rings (SSSR count). The molecule has 4 aromatic rings. The lowest BCUT2D eigenvalue weighted by Gasteiger charge is -2.12. The second kappa shape index (κ2) is 21.3. The molecule has 2 amide bonds. The van der Waals surface area contributed by atoms with Gasteiger partial charge in [0.2, 0.25) is 17.8 Å². The van der Waals surface area contributed by atoms with Crippen molar-refractivity contribution >= 4 is 47.0 Å². The highest BCUT2D eigenvalue weighted by molar-refractivity contribution is 5.94. The summed E-state index contributed by atoms with van der Waals surface area (Å²) >= 11 is 0. The van der Waals surface area contributed by atoms with Gasteiger partial charge in [-0.3, -0.25) is 14.4 Å². The molecular weight excluding hydrogens is 656 g/mol. The lowest BCUT2D eigenvalue weighted by Crippen LogP contribution is -2.27. The van der Waals surface area contributed by atoms with Gasteiger partial charge in [-0.1, -0.05) is 31.0 Å². The number of hydrogen-bond acceptors (Lipinski definition) is 12. The Balaban J connectivity index is 1.22. The molecule has 0 aliphatic heterocycles. The summed E-state index contributed by atoms with van der Waals surface area (Å²) in [6, 6.07) is 22.4. The van der Waals surface area contributed by atoms with Crippen molar-refractivity contribution in [1.82, 2.24) is 25.6 Å². The summed E-state index contributed by atoms with van der Waals surface area (Å²) < 4.78 is 11.2. The van der Waals surface area contributed by atoms with E-state index in [0.717, 1.165) is 19.3 Å². The SMILES string of the molecule is O=C(O)CCCCCCNC(=O)c1ccc(Nc2nc(NCCOCCOCCNC(=O)c3ccccc3)nc(Nc3ccc(O)cc3)n2)cc1. The first-order valence-electron chi connectivity index (χ1n) is 16.8. The number of nitrogens with one attached hydrogen (secondary N) is 5. The molecule has 0 aliphatic rings. The monoisotopic (exact) mass is 700 g/mol. The maximum Gasteiger partial charge on any atom is 0.303 e. The quantitative estimate of drug-likeness (QED) is 0.0414. The van der Waals surface area contributed by atoms with Gasteiger partial charge in [-0.05, 0) is 73.5 Å². The van der Waals surface area contributed by atoms with Gasteiger partial charge >= 0.3 is 5.97 Å². The van der Waals surface area contributed by atoms with Crippen LogP contribution in [-0.2, 0) is 14.3 Å². The molecule has 15 heteroatoms. The highest BCUT2D eigenvalue weighted by Gasteiger charge is 2.10. The van der Waals surface area contributed by atoms with E-state index in [1.54, 1.807) is 60.7 Å². The van der Waals surface area contributed by atoms with Gasteiger partial charge in [-0.15, -0.1) is 0 Å². The highest BCUT2D eigenvalue weighted by Crippen LogP contribution is 2.21. The summed E-state index contributed by atoms with van der Waals surface area (Å²) in [5, 5.41) is 33.4. The van der Waals surface area contributed by atoms with E-state index >= 15 is 0 Å². The summed E-state index contributed by atoms with van der Waals surface area (Å²) in [7, 11) is 0. The number of nitrogens with zero attached hydrogens (tertiary/aromatic N) is 3. The summed E-state index contributed by atoms with van der Waals surface area (Å²) in [6.07, 6.45) is 3.24. The van der Waals surface area contributed by atoms with E-state index in [-0.39, 0.29) is 35.9 Å². The summed E-state index contributed by atoms with van der Waals surface area (Å²) in [5.41, 5.74) is 2.42. The minimum Gasteiger partial charge on any atom is -0.508 e. The number of carbonyl (C=O) groups excluding carboxylic acids is 2. The van der Waals surface area contributed by atoms with E-state index < -0.39 is 5.97 Å². The molecule has 0 radical (unpaired) electrons. The minimum absolute atomic E-state index is 0.131. The average Bonchev–Trinajstić information content (AvgIpc) is 3.13. The van der Waals surface area contributed by atoms with Gasteiger partial charge < -0.3 is 46.3 Å². The Labute approximate surface area is 296 Å². The summed E-state index contributed by atoms with van der Waals surface area (Å²) in [4.78, 5) is 48.6. The lowest BCUT2D eigenvalue weighted by atomic mass is 10.1. The molecule has 0 atom stereocenters. The first kappa shape index (κ1) is 38.0. The molecule has 7 N–H and O–H groups in total. The Morgan fingerprint density at radius 3 is 1.73 bits per heavy atom. The number of aromatic hydroxyl groups is 1. The maximum absolute atomic E-state index is 12.6. The topological polar surface area (TPSA) is 209 Å². The molecule has 270 valence electrons. The van der Waals surface area contributed by atoms with Crippen molar-refractivity contribution in [2.24, 2.45) is 0 Å². The Morgan fingerprint density at radius 2 is 1.10 bits per heavy atom. The molecule has 15 nitrogen and oxygen atoms in total. The van der Waals surface area contributed by atoms with E-state index in [2.05, 4.69) is 41.5 Å². The lowest BCUT2D eigenvalue weighted by molar-refractivity contribution is -0.137. The molecule has 1 aromatic heterocycles. The molecule has 0 saturated carbocycles. The number of unbranched alkanes of at least 4 members (excludes halogenated alkanes) is 3. The molecule has 0 aliphatic carbocycles. The number of amides is 2. The number of aromatic nitrogens is 3. The molecule has 0 bridgehead atoms. The molecular formula is C36H44N8O7. The number of carboxylic acids is 1. The Bertz CT molecular complexity index is 1660. The van der Waals surface area contributed by atoms with Gasteiger partial charge in [0.1, 0.15) is 5.75 Å². The second-order valence-electron chi connectivity index (χ2n) is 11.3. The third kappa shape index (κ3) is 14.7. The third-order valence-electron chi connectivity index (χ3n) is 7.23. The number of aliphatic carboxylic acids is 1. The number of carbonyl (C=O) groups is 3. The van der Waals surface area contributed by atoms with Crippen molar-refractivity contribution in [2.75, 3.05) is 62.0 Å². The van der Waals surface area contributed by atoms with Crippen LogP contribution in [-0.4, -0.2) is 89.0 Å². The van der Waals surface area contributed by atoms with E-state index in [1.165, 1.54) is 0 Å². The Kier molecular flexibility index (Phi) is 15.9. The molecule has 1 heterocycles. The average molecular weight is 701 g/mol. The van der Waals surface area contributed by atoms with Gasteiger partial charge in [0, 0.05) is 48.6 Å². The number of phenolic OH excluding ortho intramolecular Hbond substituents is 1. The number of phenols is 1. The van der Waals surface area contributed by atoms with Crippen LogP contribution in [0.15, 0.2) is 78.9 Å². The fourth-order valence-corrected chi connectivity index (χ4v) is 4.62. The molecule has 0 saturated heterocycles. The van der Waals surface area contributed by atoms with Crippen molar-refractivity contribution in [3.63, 3.8) is 0 Å². The predicted molar refractivity (Wildman–Crippen MR) is 193 cm³/mol. The minimum atomic E-state index is -0.791. The van der Waals surface area contributed by atoms with E-state index in [1.807, 2.05) is 18.2 Å². The fourth-order valence-electron chi connectivity index (χ4n) is 4.62. The van der Waals surface area contributed by atoms with Crippen molar-refractivity contribution in [1.29, 1.82) is 0 Å². The van der Waals surface area contributed by atoms with Crippen LogP contribution in [0, 0.1) is 0 Å². The third-order valence-corrected chi connectivity index (χ3v) is 7.23. The van der Waals surface area contributed by atoms with Crippen LogP contribution in [0.5, 0.6) is 5.75 Å². The maximum atomic E-state index is 12.6. The molecule has 51 heavy (non-hydrogen) atoms. The van der Waals surface area contributed by atoms with Crippen molar-refractivity contribution in [3.05, 3.63) is 90.0 Å². The van der Waals surface area contributed by atoms with Crippen LogP contribution in [0.4, 0.5) is 29.2 Å². The first-order valence-corrected chi connectivity index (χ1v) is 16.8. The zero-order chi connectivity index (χ0) is 36.1. The molecule has 0 fully saturated rings. The Morgan fingerprint density at radius 1 is 0.569 bits per heavy atom. The standard InChI is InChI=1S/C36H44N8O7/c45-30-17-15-29(16-18-30)41-36-43-34(39-21-23-51-25-24-50-22-20-38-32(48)26-8-4-3-5-9-26)42-35(44-36)40-28-13-11-27(12-14-28)33(49)37-19-7-2-1-6-10-31(46)47/h3-5,8-9,11-18,45H,1-2,6-7,10,19-25H2,(H,37,49)(H,38,48)(H,46,47)(H3,39,40,41,42,43,44). The van der Waals surface area contributed by atoms with Crippen LogP contribution in [0.3, 0.4) is 0 Å². The van der Waals surface area contributed by atoms with Crippen molar-refractivity contribution in [2.45, 2.75) is 32.1 Å². The van der Waals surface area contributed by atoms with Crippen LogP contribution in [0.1, 0.15) is 52.8 Å². The van der Waals surface area contributed by atoms with Crippen molar-refractivity contribution < 1.29 is 34.1 Å². The van der Waals surface area contributed by atoms with Gasteiger partial charge in [-0.2, -0.15) is 15.0 Å². The van der Waals surface area contributed by atoms with Crippen LogP contribution >= 0.6 is 0 Å². The second-order valence-corrected chi connectivity index (χ2v) is 11.3. The smallest absolute Gasteiger partial charge is 0.303 e. The van der Waals surface area contributed by atoms with Crippen LogP contribution in [0.25, 0.3) is 0 Å². The first-order chi connectivity index (χ1) is 24.9. The predicted octanol–water partition coefficient (Wildman–Crippen LogP) is 4.70. The number of rotatable bonds is 23. The normalized spacial score (nSPS) is 10.7. The van der Waals surface area contributed by atoms with Crippen LogP contribution < -0.4 is 26.6 Å². The number of anilines is 5. The zero-order valence-corrected chi connectivity index (χ0v) is 28.3. The van der Waals surface area contributed by atoms with Gasteiger partial charge in [0.25, 0.3) is 11.8 Å². The molecule has 3 aromatic carbocycles. The molecule has 0 spiro atoms. The fraction of sp³-hybridized carbons (Fsp3) is 0.333. The van der Waals surface area contributed by atoms with E-state index in [4.69, 9.17) is 14.6 Å².